The van der Waals surface area contributed by atoms with E-state index in [0.29, 0.717) is 5.56 Å². The SMILES string of the molecule is CC(CC(O)c1ccc(F)cc1)NC(=O)NCCC(=O)O. The number of nitrogens with one attached hydrogen (secondary N) is 2. The molecule has 7 heteroatoms. The Labute approximate surface area is 122 Å². The number of halogens is 1. The summed E-state index contributed by atoms with van der Waals surface area (Å²) in [5.74, 6) is -1.37. The van der Waals surface area contributed by atoms with Gasteiger partial charge in [0.25, 0.3) is 0 Å². The number of aliphatic carboxylic acids is 1. The quantitative estimate of drug-likeness (QED) is 0.611. The first-order chi connectivity index (χ1) is 9.88. The minimum Gasteiger partial charge on any atom is -0.481 e. The normalized spacial score (nSPS) is 13.3. The smallest absolute Gasteiger partial charge is 0.315 e. The second-order valence-electron chi connectivity index (χ2n) is 4.75. The molecule has 0 fully saturated rings. The molecule has 116 valence electrons. The summed E-state index contributed by atoms with van der Waals surface area (Å²) in [5, 5.41) is 23.4. The van der Waals surface area contributed by atoms with Crippen molar-refractivity contribution in [3.63, 3.8) is 0 Å². The van der Waals surface area contributed by atoms with Crippen molar-refractivity contribution in [2.75, 3.05) is 6.54 Å². The van der Waals surface area contributed by atoms with Gasteiger partial charge in [0, 0.05) is 12.6 Å². The van der Waals surface area contributed by atoms with Crippen LogP contribution < -0.4 is 10.6 Å². The fourth-order valence-corrected chi connectivity index (χ4v) is 1.77. The molecule has 0 aliphatic carbocycles. The fourth-order valence-electron chi connectivity index (χ4n) is 1.77. The van der Waals surface area contributed by atoms with Crippen molar-refractivity contribution in [2.24, 2.45) is 0 Å². The third-order valence-electron chi connectivity index (χ3n) is 2.83. The van der Waals surface area contributed by atoms with Gasteiger partial charge in [0.1, 0.15) is 5.82 Å². The highest BCUT2D eigenvalue weighted by Gasteiger charge is 2.14. The van der Waals surface area contributed by atoms with Crippen molar-refractivity contribution in [3.05, 3.63) is 35.6 Å². The molecule has 0 aliphatic rings. The van der Waals surface area contributed by atoms with Gasteiger partial charge in [0.15, 0.2) is 0 Å². The van der Waals surface area contributed by atoms with Crippen LogP contribution in [0.3, 0.4) is 0 Å². The van der Waals surface area contributed by atoms with Gasteiger partial charge in [-0.25, -0.2) is 9.18 Å². The van der Waals surface area contributed by atoms with E-state index in [-0.39, 0.29) is 31.2 Å². The van der Waals surface area contributed by atoms with Crippen molar-refractivity contribution in [3.8, 4) is 0 Å². The lowest BCUT2D eigenvalue weighted by atomic mass is 10.0. The number of hydrogen-bond donors (Lipinski definition) is 4. The van der Waals surface area contributed by atoms with E-state index in [1.165, 1.54) is 24.3 Å². The van der Waals surface area contributed by atoms with E-state index in [1.54, 1.807) is 6.92 Å². The standard InChI is InChI=1S/C14H19FN2O4/c1-9(17-14(21)16-7-6-13(19)20)8-12(18)10-2-4-11(15)5-3-10/h2-5,9,12,18H,6-8H2,1H3,(H,19,20)(H2,16,17,21). The maximum atomic E-state index is 12.8. The summed E-state index contributed by atoms with van der Waals surface area (Å²) in [6.45, 7) is 1.75. The van der Waals surface area contributed by atoms with Gasteiger partial charge in [-0.1, -0.05) is 12.1 Å². The zero-order chi connectivity index (χ0) is 15.8. The molecule has 0 aromatic heterocycles. The summed E-state index contributed by atoms with van der Waals surface area (Å²) in [6.07, 6.45) is -0.710. The van der Waals surface area contributed by atoms with Crippen LogP contribution in [-0.4, -0.2) is 34.8 Å². The van der Waals surface area contributed by atoms with Gasteiger partial charge in [0.05, 0.1) is 12.5 Å². The van der Waals surface area contributed by atoms with Gasteiger partial charge in [-0.2, -0.15) is 0 Å². The Kier molecular flexibility index (Phi) is 6.61. The number of hydrogen-bond acceptors (Lipinski definition) is 3. The van der Waals surface area contributed by atoms with Crippen molar-refractivity contribution in [1.29, 1.82) is 0 Å². The Balaban J connectivity index is 2.35. The highest BCUT2D eigenvalue weighted by atomic mass is 19.1. The molecule has 0 spiro atoms. The van der Waals surface area contributed by atoms with Crippen LogP contribution in [-0.2, 0) is 4.79 Å². The largest absolute Gasteiger partial charge is 0.481 e. The number of aliphatic hydroxyl groups is 1. The zero-order valence-corrected chi connectivity index (χ0v) is 11.7. The van der Waals surface area contributed by atoms with Crippen LogP contribution in [0.15, 0.2) is 24.3 Å². The highest BCUT2D eigenvalue weighted by Crippen LogP contribution is 2.18. The van der Waals surface area contributed by atoms with E-state index >= 15 is 0 Å². The van der Waals surface area contributed by atoms with Crippen LogP contribution in [0.4, 0.5) is 9.18 Å². The summed E-state index contributed by atoms with van der Waals surface area (Å²) < 4.78 is 12.8. The summed E-state index contributed by atoms with van der Waals surface area (Å²) in [5.41, 5.74) is 0.566. The first-order valence-corrected chi connectivity index (χ1v) is 6.58. The molecule has 0 radical (unpaired) electrons. The van der Waals surface area contributed by atoms with Gasteiger partial charge < -0.3 is 20.8 Å². The number of amides is 2. The predicted molar refractivity (Wildman–Crippen MR) is 74.2 cm³/mol. The summed E-state index contributed by atoms with van der Waals surface area (Å²) in [7, 11) is 0. The summed E-state index contributed by atoms with van der Waals surface area (Å²) in [4.78, 5) is 21.7. The Morgan fingerprint density at radius 3 is 2.48 bits per heavy atom. The maximum absolute atomic E-state index is 12.8. The highest BCUT2D eigenvalue weighted by molar-refractivity contribution is 5.75. The van der Waals surface area contributed by atoms with Gasteiger partial charge >= 0.3 is 12.0 Å². The minimum atomic E-state index is -0.991. The van der Waals surface area contributed by atoms with E-state index in [4.69, 9.17) is 5.11 Å². The lowest BCUT2D eigenvalue weighted by Gasteiger charge is -2.18. The van der Waals surface area contributed by atoms with Crippen molar-refractivity contribution < 1.29 is 24.2 Å². The van der Waals surface area contributed by atoms with Crippen LogP contribution in [0.5, 0.6) is 0 Å². The molecule has 4 N–H and O–H groups in total. The molecule has 0 aliphatic heterocycles. The average molecular weight is 298 g/mol. The topological polar surface area (TPSA) is 98.7 Å². The summed E-state index contributed by atoms with van der Waals surface area (Å²) >= 11 is 0. The molecule has 1 aromatic rings. The fraction of sp³-hybridized carbons (Fsp3) is 0.429. The van der Waals surface area contributed by atoms with Crippen LogP contribution >= 0.6 is 0 Å². The number of carbonyl (C=O) groups is 2. The predicted octanol–water partition coefficient (Wildman–Crippen LogP) is 1.41. The Morgan fingerprint density at radius 1 is 1.29 bits per heavy atom. The van der Waals surface area contributed by atoms with Crippen LogP contribution in [0.25, 0.3) is 0 Å². The van der Waals surface area contributed by atoms with E-state index in [2.05, 4.69) is 10.6 Å². The number of urea groups is 1. The van der Waals surface area contributed by atoms with Crippen molar-refractivity contribution >= 4 is 12.0 Å². The molecule has 2 amide bonds. The molecular formula is C14H19FN2O4. The maximum Gasteiger partial charge on any atom is 0.315 e. The monoisotopic (exact) mass is 298 g/mol. The van der Waals surface area contributed by atoms with Crippen LogP contribution in [0.1, 0.15) is 31.4 Å². The van der Waals surface area contributed by atoms with Crippen LogP contribution in [0.2, 0.25) is 0 Å². The van der Waals surface area contributed by atoms with Gasteiger partial charge in [-0.05, 0) is 31.0 Å². The number of aliphatic hydroxyl groups excluding tert-OH is 1. The molecule has 21 heavy (non-hydrogen) atoms. The van der Waals surface area contributed by atoms with E-state index in [1.807, 2.05) is 0 Å². The third kappa shape index (κ3) is 6.71. The average Bonchev–Trinajstić information content (AvgIpc) is 2.38. The van der Waals surface area contributed by atoms with E-state index < -0.39 is 18.1 Å². The number of carboxylic acids is 1. The first-order valence-electron chi connectivity index (χ1n) is 6.58. The Bertz CT molecular complexity index is 478. The van der Waals surface area contributed by atoms with E-state index in [9.17, 15) is 19.1 Å². The number of benzene rings is 1. The van der Waals surface area contributed by atoms with E-state index in [0.717, 1.165) is 0 Å². The molecule has 0 bridgehead atoms. The number of carbonyl (C=O) groups excluding carboxylic acids is 1. The van der Waals surface area contributed by atoms with Gasteiger partial charge in [-0.3, -0.25) is 4.79 Å². The molecule has 2 atom stereocenters. The second-order valence-corrected chi connectivity index (χ2v) is 4.75. The molecule has 1 rings (SSSR count). The first kappa shape index (κ1) is 16.9. The van der Waals surface area contributed by atoms with Crippen molar-refractivity contribution in [1.82, 2.24) is 10.6 Å². The molecular weight excluding hydrogens is 279 g/mol. The molecule has 1 aromatic carbocycles. The van der Waals surface area contributed by atoms with Gasteiger partial charge in [-0.15, -0.1) is 0 Å². The van der Waals surface area contributed by atoms with Crippen LogP contribution in [0, 0.1) is 5.82 Å². The molecule has 6 nitrogen and oxygen atoms in total. The lowest BCUT2D eigenvalue weighted by molar-refractivity contribution is -0.136. The summed E-state index contributed by atoms with van der Waals surface area (Å²) in [6, 6.07) is 4.68. The lowest BCUT2D eigenvalue weighted by Crippen LogP contribution is -2.42. The molecule has 0 saturated carbocycles. The van der Waals surface area contributed by atoms with Gasteiger partial charge in [0.2, 0.25) is 0 Å². The zero-order valence-electron chi connectivity index (χ0n) is 11.7. The third-order valence-corrected chi connectivity index (χ3v) is 2.83. The molecule has 0 heterocycles. The molecule has 0 saturated heterocycles. The van der Waals surface area contributed by atoms with Crippen molar-refractivity contribution in [2.45, 2.75) is 31.9 Å². The molecule has 2 unspecified atom stereocenters. The number of carboxylic acid groups (broad SMARTS) is 1. The second kappa shape index (κ2) is 8.21. The minimum absolute atomic E-state index is 0.0361. The Morgan fingerprint density at radius 2 is 1.90 bits per heavy atom. The Hall–Kier alpha value is -2.15. The number of rotatable bonds is 7.